The molecule has 30 heavy (non-hydrogen) atoms. The zero-order valence-corrected chi connectivity index (χ0v) is 17.4. The van der Waals surface area contributed by atoms with E-state index in [9.17, 15) is 9.59 Å². The summed E-state index contributed by atoms with van der Waals surface area (Å²) in [6, 6.07) is 16.8. The SMILES string of the molecule is CN(Cc1ccccc1)C(=O)Cn1c(=O)n(C)c2cnc(-c3ccc(Cl)cc3)nc21. The summed E-state index contributed by atoms with van der Waals surface area (Å²) in [4.78, 5) is 36.1. The molecule has 0 aliphatic heterocycles. The Kier molecular flexibility index (Phi) is 5.37. The first kappa shape index (κ1) is 19.8. The van der Waals surface area contributed by atoms with Crippen LogP contribution in [0.4, 0.5) is 0 Å². The highest BCUT2D eigenvalue weighted by Gasteiger charge is 2.18. The second-order valence-electron chi connectivity index (χ2n) is 7.07. The average molecular weight is 422 g/mol. The predicted octanol–water partition coefficient (Wildman–Crippen LogP) is 3.11. The first-order chi connectivity index (χ1) is 14.4. The first-order valence-electron chi connectivity index (χ1n) is 9.40. The van der Waals surface area contributed by atoms with E-state index in [0.29, 0.717) is 28.6 Å². The van der Waals surface area contributed by atoms with Crippen LogP contribution in [0.15, 0.2) is 65.6 Å². The molecular weight excluding hydrogens is 402 g/mol. The second kappa shape index (κ2) is 8.12. The van der Waals surface area contributed by atoms with Crippen LogP contribution in [0.1, 0.15) is 5.56 Å². The van der Waals surface area contributed by atoms with Gasteiger partial charge in [-0.05, 0) is 29.8 Å². The van der Waals surface area contributed by atoms with Crippen LogP contribution in [0, 0.1) is 0 Å². The van der Waals surface area contributed by atoms with Crippen molar-refractivity contribution in [3.05, 3.63) is 81.9 Å². The van der Waals surface area contributed by atoms with Crippen molar-refractivity contribution < 1.29 is 4.79 Å². The molecule has 0 aliphatic rings. The van der Waals surface area contributed by atoms with Crippen LogP contribution in [0.5, 0.6) is 0 Å². The molecule has 7 nitrogen and oxygen atoms in total. The highest BCUT2D eigenvalue weighted by atomic mass is 35.5. The van der Waals surface area contributed by atoms with Gasteiger partial charge in [-0.3, -0.25) is 13.9 Å². The fraction of sp³-hybridized carbons (Fsp3) is 0.182. The highest BCUT2D eigenvalue weighted by molar-refractivity contribution is 6.30. The summed E-state index contributed by atoms with van der Waals surface area (Å²) in [5, 5.41) is 0.614. The van der Waals surface area contributed by atoms with Gasteiger partial charge in [-0.25, -0.2) is 14.8 Å². The topological polar surface area (TPSA) is 73.0 Å². The van der Waals surface area contributed by atoms with E-state index in [1.807, 2.05) is 42.5 Å². The van der Waals surface area contributed by atoms with E-state index in [2.05, 4.69) is 9.97 Å². The van der Waals surface area contributed by atoms with Gasteiger partial charge in [0, 0.05) is 31.2 Å². The van der Waals surface area contributed by atoms with Crippen LogP contribution in [0.25, 0.3) is 22.6 Å². The number of aromatic nitrogens is 4. The fourth-order valence-corrected chi connectivity index (χ4v) is 3.38. The van der Waals surface area contributed by atoms with Crippen LogP contribution in [-0.4, -0.2) is 37.0 Å². The molecule has 0 unspecified atom stereocenters. The van der Waals surface area contributed by atoms with Crippen molar-refractivity contribution in [1.29, 1.82) is 0 Å². The molecule has 2 aromatic carbocycles. The number of nitrogens with zero attached hydrogens (tertiary/aromatic N) is 5. The third-order valence-electron chi connectivity index (χ3n) is 4.97. The smallest absolute Gasteiger partial charge is 0.330 e. The molecule has 0 saturated heterocycles. The van der Waals surface area contributed by atoms with Gasteiger partial charge in [0.25, 0.3) is 0 Å². The molecule has 0 radical (unpaired) electrons. The van der Waals surface area contributed by atoms with Crippen LogP contribution in [0.2, 0.25) is 5.02 Å². The van der Waals surface area contributed by atoms with E-state index in [4.69, 9.17) is 11.6 Å². The Labute approximate surface area is 178 Å². The number of carbonyl (C=O) groups excluding carboxylic acids is 1. The van der Waals surface area contributed by atoms with Gasteiger partial charge in [-0.1, -0.05) is 41.9 Å². The quantitative estimate of drug-likeness (QED) is 0.496. The third kappa shape index (κ3) is 3.84. The number of imidazole rings is 1. The van der Waals surface area contributed by atoms with E-state index in [1.54, 1.807) is 37.3 Å². The summed E-state index contributed by atoms with van der Waals surface area (Å²) >= 11 is 5.96. The number of carbonyl (C=O) groups is 1. The number of hydrogen-bond donors (Lipinski definition) is 0. The van der Waals surface area contributed by atoms with Crippen LogP contribution in [-0.2, 0) is 24.9 Å². The summed E-state index contributed by atoms with van der Waals surface area (Å²) < 4.78 is 2.84. The van der Waals surface area contributed by atoms with E-state index in [0.717, 1.165) is 11.1 Å². The van der Waals surface area contributed by atoms with Crippen molar-refractivity contribution >= 4 is 28.7 Å². The van der Waals surface area contributed by atoms with Crippen molar-refractivity contribution in [1.82, 2.24) is 24.0 Å². The summed E-state index contributed by atoms with van der Waals surface area (Å²) in [5.74, 6) is 0.281. The molecule has 0 atom stereocenters. The number of amides is 1. The summed E-state index contributed by atoms with van der Waals surface area (Å²) in [5.41, 5.74) is 2.47. The lowest BCUT2D eigenvalue weighted by Gasteiger charge is -2.17. The summed E-state index contributed by atoms with van der Waals surface area (Å²) in [6.45, 7) is 0.362. The Bertz CT molecular complexity index is 1260. The van der Waals surface area contributed by atoms with E-state index < -0.39 is 0 Å². The largest absolute Gasteiger partial charge is 0.340 e. The predicted molar refractivity (Wildman–Crippen MR) is 116 cm³/mol. The molecule has 152 valence electrons. The number of likely N-dealkylation sites (N-methyl/N-ethyl adjacent to an activating group) is 1. The zero-order chi connectivity index (χ0) is 21.3. The lowest BCUT2D eigenvalue weighted by molar-refractivity contribution is -0.131. The van der Waals surface area contributed by atoms with Gasteiger partial charge >= 0.3 is 5.69 Å². The molecule has 2 heterocycles. The highest BCUT2D eigenvalue weighted by Crippen LogP contribution is 2.20. The number of hydrogen-bond acceptors (Lipinski definition) is 4. The fourth-order valence-electron chi connectivity index (χ4n) is 3.26. The molecule has 0 saturated carbocycles. The first-order valence-corrected chi connectivity index (χ1v) is 9.78. The van der Waals surface area contributed by atoms with Crippen molar-refractivity contribution in [2.75, 3.05) is 7.05 Å². The van der Waals surface area contributed by atoms with Crippen LogP contribution < -0.4 is 5.69 Å². The molecule has 2 aromatic heterocycles. The molecule has 1 amide bonds. The monoisotopic (exact) mass is 421 g/mol. The third-order valence-corrected chi connectivity index (χ3v) is 5.22. The van der Waals surface area contributed by atoms with Crippen LogP contribution >= 0.6 is 11.6 Å². The Hall–Kier alpha value is -3.45. The molecule has 0 aliphatic carbocycles. The molecule has 0 fully saturated rings. The van der Waals surface area contributed by atoms with E-state index >= 15 is 0 Å². The lowest BCUT2D eigenvalue weighted by Crippen LogP contribution is -2.34. The number of aryl methyl sites for hydroxylation is 1. The van der Waals surface area contributed by atoms with Crippen LogP contribution in [0.3, 0.4) is 0 Å². The Balaban J connectivity index is 1.66. The summed E-state index contributed by atoms with van der Waals surface area (Å²) in [6.07, 6.45) is 1.60. The van der Waals surface area contributed by atoms with Gasteiger partial charge in [-0.2, -0.15) is 0 Å². The van der Waals surface area contributed by atoms with Gasteiger partial charge in [-0.15, -0.1) is 0 Å². The zero-order valence-electron chi connectivity index (χ0n) is 16.6. The van der Waals surface area contributed by atoms with Gasteiger partial charge < -0.3 is 4.90 Å². The van der Waals surface area contributed by atoms with Crippen molar-refractivity contribution in [2.24, 2.45) is 7.05 Å². The molecule has 0 bridgehead atoms. The standard InChI is InChI=1S/C22H20ClN5O2/c1-26(13-15-6-4-3-5-7-15)19(29)14-28-21-18(27(2)22(28)30)12-24-20(25-21)16-8-10-17(23)11-9-16/h3-12H,13-14H2,1-2H3. The Morgan fingerprint density at radius 2 is 1.80 bits per heavy atom. The maximum absolute atomic E-state index is 12.8. The van der Waals surface area contributed by atoms with Gasteiger partial charge in [0.05, 0.1) is 6.20 Å². The minimum Gasteiger partial charge on any atom is -0.340 e. The second-order valence-corrected chi connectivity index (χ2v) is 7.51. The minimum absolute atomic E-state index is 0.101. The number of benzene rings is 2. The average Bonchev–Trinajstić information content (AvgIpc) is 2.99. The van der Waals surface area contributed by atoms with Gasteiger partial charge in [0.1, 0.15) is 12.1 Å². The summed E-state index contributed by atoms with van der Waals surface area (Å²) in [7, 11) is 3.37. The van der Waals surface area contributed by atoms with Gasteiger partial charge in [0.15, 0.2) is 11.5 Å². The maximum Gasteiger partial charge on any atom is 0.330 e. The molecule has 0 N–H and O–H groups in total. The Morgan fingerprint density at radius 3 is 2.50 bits per heavy atom. The van der Waals surface area contributed by atoms with Crippen molar-refractivity contribution in [3.8, 4) is 11.4 Å². The normalized spacial score (nSPS) is 11.0. The Morgan fingerprint density at radius 1 is 1.10 bits per heavy atom. The van der Waals surface area contributed by atoms with Crippen molar-refractivity contribution in [2.45, 2.75) is 13.1 Å². The van der Waals surface area contributed by atoms with Gasteiger partial charge in [0.2, 0.25) is 5.91 Å². The number of halogens is 1. The molecular formula is C22H20ClN5O2. The maximum atomic E-state index is 12.8. The molecule has 4 aromatic rings. The minimum atomic E-state index is -0.311. The van der Waals surface area contributed by atoms with Crippen molar-refractivity contribution in [3.63, 3.8) is 0 Å². The molecule has 4 rings (SSSR count). The lowest BCUT2D eigenvalue weighted by atomic mass is 10.2. The van der Waals surface area contributed by atoms with E-state index in [-0.39, 0.29) is 18.1 Å². The number of rotatable bonds is 5. The molecule has 0 spiro atoms. The molecule has 8 heteroatoms. The van der Waals surface area contributed by atoms with E-state index in [1.165, 1.54) is 9.13 Å². The number of fused-ring (bicyclic) bond motifs is 1.